The number of rotatable bonds is 6. The molecule has 0 saturated carbocycles. The Bertz CT molecular complexity index is 1400. The highest BCUT2D eigenvalue weighted by atomic mass is 32.2. The van der Waals surface area contributed by atoms with Crippen LogP contribution in [0.1, 0.15) is 21.5 Å². The normalized spacial score (nSPS) is 19.1. The first-order valence-electron chi connectivity index (χ1n) is 11.9. The summed E-state index contributed by atoms with van der Waals surface area (Å²) in [4.78, 5) is 30.6. The highest BCUT2D eigenvalue weighted by Crippen LogP contribution is 2.39. The third kappa shape index (κ3) is 4.16. The lowest BCUT2D eigenvalue weighted by Gasteiger charge is -2.34. The molecule has 5 rings (SSSR count). The molecule has 9 nitrogen and oxygen atoms in total. The fourth-order valence-electron chi connectivity index (χ4n) is 4.84. The second-order valence-electron chi connectivity index (χ2n) is 9.44. The Morgan fingerprint density at radius 1 is 0.917 bits per heavy atom. The van der Waals surface area contributed by atoms with E-state index in [1.165, 1.54) is 16.4 Å². The molecular weight excluding hydrogens is 478 g/mol. The third-order valence-corrected chi connectivity index (χ3v) is 8.81. The molecule has 188 valence electrons. The number of hydrogen-bond donors (Lipinski definition) is 2. The number of ketones is 1. The molecule has 1 amide bonds. The minimum atomic E-state index is -3.65. The first-order chi connectivity index (χ1) is 17.2. The monoisotopic (exact) mass is 507 g/mol. The van der Waals surface area contributed by atoms with Crippen molar-refractivity contribution in [1.29, 1.82) is 0 Å². The Morgan fingerprint density at radius 3 is 2.19 bits per heavy atom. The molecule has 10 heteroatoms. The highest BCUT2D eigenvalue weighted by molar-refractivity contribution is 7.89. The van der Waals surface area contributed by atoms with Crippen molar-refractivity contribution < 1.29 is 18.0 Å². The van der Waals surface area contributed by atoms with Gasteiger partial charge in [-0.25, -0.2) is 8.42 Å². The van der Waals surface area contributed by atoms with Crippen LogP contribution in [-0.4, -0.2) is 87.6 Å². The standard InChI is InChI=1S/C26H29N5O4S/c1-29(2)11-12-30-13-15-31(16-14-30)36(34,35)18-9-7-17(8-10-18)24-22-21(26(33)28-24)23(27)19-5-3-4-6-20(19)25(22)32/h3-10H,11-16,27H2,1-2H3,(H,28,33). The number of carbonyl (C=O) groups excluding carboxylic acids is 2. The fraction of sp³-hybridized carbons (Fsp3) is 0.308. The summed E-state index contributed by atoms with van der Waals surface area (Å²) in [6.07, 6.45) is 0. The number of nitrogens with zero attached hydrogens (tertiary/aromatic N) is 3. The maximum Gasteiger partial charge on any atom is 0.258 e. The minimum Gasteiger partial charge on any atom is -0.398 e. The molecular formula is C26H29N5O4S. The molecule has 1 aliphatic carbocycles. The van der Waals surface area contributed by atoms with Crippen LogP contribution < -0.4 is 11.1 Å². The van der Waals surface area contributed by atoms with Gasteiger partial charge < -0.3 is 16.0 Å². The van der Waals surface area contributed by atoms with E-state index in [0.717, 1.165) is 13.1 Å². The molecule has 2 heterocycles. The summed E-state index contributed by atoms with van der Waals surface area (Å²) in [7, 11) is 0.388. The average molecular weight is 508 g/mol. The third-order valence-electron chi connectivity index (χ3n) is 6.90. The van der Waals surface area contributed by atoms with E-state index in [2.05, 4.69) is 15.1 Å². The van der Waals surface area contributed by atoms with Crippen LogP contribution in [0.4, 0.5) is 0 Å². The number of fused-ring (bicyclic) bond motifs is 2. The summed E-state index contributed by atoms with van der Waals surface area (Å²) < 4.78 is 28.0. The second-order valence-corrected chi connectivity index (χ2v) is 11.4. The van der Waals surface area contributed by atoms with Crippen molar-refractivity contribution in [1.82, 2.24) is 19.4 Å². The van der Waals surface area contributed by atoms with E-state index < -0.39 is 15.9 Å². The lowest BCUT2D eigenvalue weighted by Crippen LogP contribution is -2.49. The Morgan fingerprint density at radius 2 is 1.56 bits per heavy atom. The van der Waals surface area contributed by atoms with Crippen molar-refractivity contribution in [2.75, 3.05) is 53.4 Å². The number of carbonyl (C=O) groups is 2. The Hall–Kier alpha value is -3.31. The van der Waals surface area contributed by atoms with Crippen molar-refractivity contribution in [2.24, 2.45) is 5.73 Å². The molecule has 2 aromatic carbocycles. The van der Waals surface area contributed by atoms with E-state index in [1.54, 1.807) is 36.4 Å². The van der Waals surface area contributed by atoms with Gasteiger partial charge in [0.15, 0.2) is 5.78 Å². The zero-order valence-corrected chi connectivity index (χ0v) is 21.1. The molecule has 2 aromatic rings. The van der Waals surface area contributed by atoms with E-state index in [9.17, 15) is 18.0 Å². The molecule has 3 aliphatic rings. The van der Waals surface area contributed by atoms with Crippen molar-refractivity contribution in [3.05, 3.63) is 76.4 Å². The molecule has 0 spiro atoms. The molecule has 1 fully saturated rings. The van der Waals surface area contributed by atoms with E-state index >= 15 is 0 Å². The van der Waals surface area contributed by atoms with Gasteiger partial charge >= 0.3 is 0 Å². The van der Waals surface area contributed by atoms with Gasteiger partial charge in [-0.1, -0.05) is 36.4 Å². The molecule has 3 N–H and O–H groups in total. The molecule has 1 saturated heterocycles. The van der Waals surface area contributed by atoms with Gasteiger partial charge in [-0.2, -0.15) is 4.31 Å². The van der Waals surface area contributed by atoms with Crippen LogP contribution in [0.3, 0.4) is 0 Å². The first-order valence-corrected chi connectivity index (χ1v) is 13.3. The van der Waals surface area contributed by atoms with Gasteiger partial charge in [0.25, 0.3) is 5.91 Å². The SMILES string of the molecule is CN(C)CCN1CCN(S(=O)(=O)c2ccc(C3=C4C(=O)c5ccccc5C(N)=C4C(=O)N3)cc2)CC1. The number of likely N-dealkylation sites (N-methyl/N-ethyl adjacent to an activating group) is 1. The molecule has 0 bridgehead atoms. The maximum atomic E-state index is 13.3. The molecule has 36 heavy (non-hydrogen) atoms. The zero-order valence-electron chi connectivity index (χ0n) is 20.3. The first kappa shape index (κ1) is 24.4. The smallest absolute Gasteiger partial charge is 0.258 e. The van der Waals surface area contributed by atoms with Crippen molar-refractivity contribution in [3.8, 4) is 0 Å². The molecule has 2 aliphatic heterocycles. The molecule has 0 radical (unpaired) electrons. The predicted molar refractivity (Wildman–Crippen MR) is 137 cm³/mol. The maximum absolute atomic E-state index is 13.3. The van der Waals surface area contributed by atoms with E-state index in [1.807, 2.05) is 14.1 Å². The second kappa shape index (κ2) is 9.29. The van der Waals surface area contributed by atoms with Gasteiger partial charge in [-0.05, 0) is 31.8 Å². The Labute approximate surface area is 210 Å². The molecule has 0 aromatic heterocycles. The number of Topliss-reactive ketones (excluding diaryl/α,β-unsaturated/α-hetero) is 1. The van der Waals surface area contributed by atoms with Crippen molar-refractivity contribution in [3.63, 3.8) is 0 Å². The molecule has 0 unspecified atom stereocenters. The predicted octanol–water partition coefficient (Wildman–Crippen LogP) is 0.962. The van der Waals surface area contributed by atoms with Crippen molar-refractivity contribution >= 4 is 33.1 Å². The van der Waals surface area contributed by atoms with Crippen LogP contribution in [0.2, 0.25) is 0 Å². The highest BCUT2D eigenvalue weighted by Gasteiger charge is 2.39. The average Bonchev–Trinajstić information content (AvgIpc) is 3.24. The summed E-state index contributed by atoms with van der Waals surface area (Å²) in [5.74, 6) is -0.726. The minimum absolute atomic E-state index is 0.164. The van der Waals surface area contributed by atoms with Gasteiger partial charge in [0.2, 0.25) is 10.0 Å². The zero-order chi connectivity index (χ0) is 25.6. The number of benzene rings is 2. The summed E-state index contributed by atoms with van der Waals surface area (Å²) in [6.45, 7) is 4.08. The summed E-state index contributed by atoms with van der Waals surface area (Å²) in [6, 6.07) is 13.2. The van der Waals surface area contributed by atoms with Crippen LogP contribution in [-0.2, 0) is 14.8 Å². The van der Waals surface area contributed by atoms with Crippen LogP contribution >= 0.6 is 0 Å². The van der Waals surface area contributed by atoms with Crippen LogP contribution in [0.15, 0.2) is 64.6 Å². The van der Waals surface area contributed by atoms with Gasteiger partial charge in [-0.3, -0.25) is 14.5 Å². The van der Waals surface area contributed by atoms with E-state index in [0.29, 0.717) is 48.6 Å². The number of nitrogens with one attached hydrogen (secondary N) is 1. The lowest BCUT2D eigenvalue weighted by molar-refractivity contribution is -0.115. The lowest BCUT2D eigenvalue weighted by atomic mass is 9.84. The van der Waals surface area contributed by atoms with Crippen LogP contribution in [0.5, 0.6) is 0 Å². The number of amides is 1. The van der Waals surface area contributed by atoms with Gasteiger partial charge in [0.05, 0.1) is 27.4 Å². The number of hydrogen-bond acceptors (Lipinski definition) is 7. The Balaban J connectivity index is 1.39. The quantitative estimate of drug-likeness (QED) is 0.598. The Kier molecular flexibility index (Phi) is 6.29. The largest absolute Gasteiger partial charge is 0.398 e. The van der Waals surface area contributed by atoms with E-state index in [4.69, 9.17) is 5.73 Å². The summed E-state index contributed by atoms with van der Waals surface area (Å²) >= 11 is 0. The number of piperazine rings is 1. The summed E-state index contributed by atoms with van der Waals surface area (Å²) in [5, 5.41) is 2.77. The van der Waals surface area contributed by atoms with Gasteiger partial charge in [0.1, 0.15) is 0 Å². The van der Waals surface area contributed by atoms with Gasteiger partial charge in [-0.15, -0.1) is 0 Å². The fourth-order valence-corrected chi connectivity index (χ4v) is 6.26. The van der Waals surface area contributed by atoms with Crippen LogP contribution in [0.25, 0.3) is 11.4 Å². The van der Waals surface area contributed by atoms with Crippen molar-refractivity contribution in [2.45, 2.75) is 4.90 Å². The number of sulfonamides is 1. The van der Waals surface area contributed by atoms with Crippen LogP contribution in [0, 0.1) is 0 Å². The van der Waals surface area contributed by atoms with E-state index in [-0.39, 0.29) is 27.5 Å². The van der Waals surface area contributed by atoms with Gasteiger partial charge in [0, 0.05) is 50.4 Å². The molecule has 0 atom stereocenters. The summed E-state index contributed by atoms with van der Waals surface area (Å²) in [5.41, 5.74) is 8.79. The topological polar surface area (TPSA) is 116 Å². The number of nitrogens with two attached hydrogens (primary N) is 1.